The van der Waals surface area contributed by atoms with Gasteiger partial charge in [-0.15, -0.1) is 5.10 Å². The van der Waals surface area contributed by atoms with Crippen molar-refractivity contribution in [2.24, 2.45) is 0 Å². The zero-order valence-corrected chi connectivity index (χ0v) is 10.9. The molecule has 2 heterocycles. The Morgan fingerprint density at radius 2 is 2.42 bits per heavy atom. The molecule has 0 fully saturated rings. The lowest BCUT2D eigenvalue weighted by Crippen LogP contribution is -2.29. The maximum Gasteiger partial charge on any atom is 0.244 e. The third-order valence-electron chi connectivity index (χ3n) is 2.68. The van der Waals surface area contributed by atoms with E-state index in [1.165, 1.54) is 4.68 Å². The minimum absolute atomic E-state index is 0.0803. The smallest absolute Gasteiger partial charge is 0.244 e. The van der Waals surface area contributed by atoms with Gasteiger partial charge in [-0.2, -0.15) is 0 Å². The van der Waals surface area contributed by atoms with Crippen LogP contribution in [0, 0.1) is 0 Å². The van der Waals surface area contributed by atoms with Gasteiger partial charge in [-0.1, -0.05) is 5.21 Å². The van der Waals surface area contributed by atoms with Crippen molar-refractivity contribution in [1.82, 2.24) is 19.9 Å². The molecule has 2 aromatic rings. The Labute approximate surface area is 110 Å². The number of carbonyl (C=O) groups excluding carboxylic acids is 1. The number of likely N-dealkylation sites (N-methyl/N-ethyl adjacent to an activating group) is 1. The van der Waals surface area contributed by atoms with Crippen molar-refractivity contribution >= 4 is 5.91 Å². The Morgan fingerprint density at radius 3 is 3.00 bits per heavy atom. The standard InChI is InChI=1S/C12H16N4O3/c1-9(17)11-7-16(14-13-11)8-12(18)15(2)6-10-4-3-5-19-10/h3-5,7,9,17H,6,8H2,1-2H3. The summed E-state index contributed by atoms with van der Waals surface area (Å²) in [5.41, 5.74) is 0.446. The molecule has 0 aliphatic rings. The van der Waals surface area contributed by atoms with Crippen molar-refractivity contribution < 1.29 is 14.3 Å². The molecule has 1 N–H and O–H groups in total. The average Bonchev–Trinajstić information content (AvgIpc) is 2.99. The number of hydrogen-bond acceptors (Lipinski definition) is 5. The number of aliphatic hydroxyl groups is 1. The monoisotopic (exact) mass is 264 g/mol. The summed E-state index contributed by atoms with van der Waals surface area (Å²) >= 11 is 0. The fraction of sp³-hybridized carbons (Fsp3) is 0.417. The van der Waals surface area contributed by atoms with Crippen LogP contribution in [-0.2, 0) is 17.9 Å². The highest BCUT2D eigenvalue weighted by molar-refractivity contribution is 5.75. The van der Waals surface area contributed by atoms with Crippen molar-refractivity contribution in [2.45, 2.75) is 26.1 Å². The molecule has 2 rings (SSSR count). The molecule has 0 aliphatic heterocycles. The molecule has 19 heavy (non-hydrogen) atoms. The number of nitrogens with zero attached hydrogens (tertiary/aromatic N) is 4. The normalized spacial score (nSPS) is 12.4. The zero-order chi connectivity index (χ0) is 13.8. The van der Waals surface area contributed by atoms with Crippen LogP contribution < -0.4 is 0 Å². The Bertz CT molecular complexity index is 533. The highest BCUT2D eigenvalue weighted by atomic mass is 16.3. The number of amides is 1. The Hall–Kier alpha value is -2.15. The van der Waals surface area contributed by atoms with Gasteiger partial charge in [0.1, 0.15) is 18.0 Å². The van der Waals surface area contributed by atoms with Gasteiger partial charge < -0.3 is 14.4 Å². The lowest BCUT2D eigenvalue weighted by molar-refractivity contribution is -0.131. The van der Waals surface area contributed by atoms with E-state index in [0.29, 0.717) is 12.2 Å². The first-order valence-corrected chi connectivity index (χ1v) is 5.90. The van der Waals surface area contributed by atoms with Crippen molar-refractivity contribution in [1.29, 1.82) is 0 Å². The predicted molar refractivity (Wildman–Crippen MR) is 65.8 cm³/mol. The van der Waals surface area contributed by atoms with Crippen LogP contribution in [0.2, 0.25) is 0 Å². The number of aliphatic hydroxyl groups excluding tert-OH is 1. The van der Waals surface area contributed by atoms with Gasteiger partial charge in [0.15, 0.2) is 0 Å². The summed E-state index contributed by atoms with van der Waals surface area (Å²) in [5.74, 6) is 0.609. The van der Waals surface area contributed by atoms with Gasteiger partial charge >= 0.3 is 0 Å². The molecule has 1 amide bonds. The molecular weight excluding hydrogens is 248 g/mol. The quantitative estimate of drug-likeness (QED) is 0.854. The second-order valence-corrected chi connectivity index (χ2v) is 4.35. The molecule has 0 aliphatic carbocycles. The SMILES string of the molecule is CC(O)c1cn(CC(=O)N(C)Cc2ccco2)nn1. The van der Waals surface area contributed by atoms with E-state index in [4.69, 9.17) is 4.42 Å². The minimum Gasteiger partial charge on any atom is -0.467 e. The van der Waals surface area contributed by atoms with E-state index >= 15 is 0 Å². The van der Waals surface area contributed by atoms with E-state index in [0.717, 1.165) is 5.76 Å². The molecule has 0 radical (unpaired) electrons. The fourth-order valence-corrected chi connectivity index (χ4v) is 1.57. The maximum atomic E-state index is 12.0. The van der Waals surface area contributed by atoms with Gasteiger partial charge in [-0.05, 0) is 19.1 Å². The molecule has 0 bridgehead atoms. The predicted octanol–water partition coefficient (Wildman–Crippen LogP) is 0.583. The third-order valence-corrected chi connectivity index (χ3v) is 2.68. The van der Waals surface area contributed by atoms with E-state index < -0.39 is 6.10 Å². The molecule has 0 spiro atoms. The Kier molecular flexibility index (Phi) is 3.96. The first kappa shape index (κ1) is 13.3. The largest absolute Gasteiger partial charge is 0.467 e. The summed E-state index contributed by atoms with van der Waals surface area (Å²) in [6.07, 6.45) is 2.44. The van der Waals surface area contributed by atoms with Crippen molar-refractivity contribution in [3.63, 3.8) is 0 Å². The molecule has 7 nitrogen and oxygen atoms in total. The molecule has 0 saturated heterocycles. The number of carbonyl (C=O) groups is 1. The van der Waals surface area contributed by atoms with E-state index in [1.807, 2.05) is 6.07 Å². The number of aromatic nitrogens is 3. The summed E-state index contributed by atoms with van der Waals surface area (Å²) in [6.45, 7) is 2.08. The average molecular weight is 264 g/mol. The van der Waals surface area contributed by atoms with Gasteiger partial charge in [0.25, 0.3) is 0 Å². The molecule has 0 aromatic carbocycles. The summed E-state index contributed by atoms with van der Waals surface area (Å²) in [4.78, 5) is 13.5. The Balaban J connectivity index is 1.92. The second kappa shape index (κ2) is 5.66. The Morgan fingerprint density at radius 1 is 1.63 bits per heavy atom. The van der Waals surface area contributed by atoms with Crippen LogP contribution in [0.25, 0.3) is 0 Å². The van der Waals surface area contributed by atoms with Crippen LogP contribution >= 0.6 is 0 Å². The first-order valence-electron chi connectivity index (χ1n) is 5.90. The highest BCUT2D eigenvalue weighted by Crippen LogP contribution is 2.07. The van der Waals surface area contributed by atoms with E-state index in [1.54, 1.807) is 37.4 Å². The third kappa shape index (κ3) is 3.41. The molecule has 102 valence electrons. The van der Waals surface area contributed by atoms with Gasteiger partial charge in [0.2, 0.25) is 5.91 Å². The van der Waals surface area contributed by atoms with Crippen LogP contribution in [0.15, 0.2) is 29.0 Å². The van der Waals surface area contributed by atoms with Crippen molar-refractivity contribution in [3.8, 4) is 0 Å². The van der Waals surface area contributed by atoms with Crippen LogP contribution in [0.5, 0.6) is 0 Å². The van der Waals surface area contributed by atoms with Gasteiger partial charge in [0.05, 0.1) is 25.1 Å². The highest BCUT2D eigenvalue weighted by Gasteiger charge is 2.13. The fourth-order valence-electron chi connectivity index (χ4n) is 1.57. The van der Waals surface area contributed by atoms with Crippen LogP contribution in [-0.4, -0.2) is 38.0 Å². The minimum atomic E-state index is -0.690. The number of hydrogen-bond donors (Lipinski definition) is 1. The molecule has 1 atom stereocenters. The van der Waals surface area contributed by atoms with Crippen molar-refractivity contribution in [3.05, 3.63) is 36.0 Å². The topological polar surface area (TPSA) is 84.4 Å². The number of rotatable bonds is 5. The second-order valence-electron chi connectivity index (χ2n) is 4.35. The summed E-state index contributed by atoms with van der Waals surface area (Å²) in [7, 11) is 1.69. The van der Waals surface area contributed by atoms with Crippen molar-refractivity contribution in [2.75, 3.05) is 7.05 Å². The van der Waals surface area contributed by atoms with E-state index in [2.05, 4.69) is 10.3 Å². The van der Waals surface area contributed by atoms with Crippen LogP contribution in [0.4, 0.5) is 0 Å². The summed E-state index contributed by atoms with van der Waals surface area (Å²) in [6, 6.07) is 3.59. The lowest BCUT2D eigenvalue weighted by atomic mass is 10.3. The summed E-state index contributed by atoms with van der Waals surface area (Å²) < 4.78 is 6.58. The zero-order valence-electron chi connectivity index (χ0n) is 10.9. The number of furan rings is 1. The molecule has 7 heteroatoms. The van der Waals surface area contributed by atoms with Gasteiger partial charge in [-0.25, -0.2) is 4.68 Å². The molecule has 0 saturated carbocycles. The lowest BCUT2D eigenvalue weighted by Gasteiger charge is -2.15. The summed E-state index contributed by atoms with van der Waals surface area (Å²) in [5, 5.41) is 16.9. The first-order chi connectivity index (χ1) is 9.06. The van der Waals surface area contributed by atoms with Crippen LogP contribution in [0.3, 0.4) is 0 Å². The molecule has 1 unspecified atom stereocenters. The van der Waals surface area contributed by atoms with Gasteiger partial charge in [0, 0.05) is 7.05 Å². The molecular formula is C12H16N4O3. The molecule has 2 aromatic heterocycles. The van der Waals surface area contributed by atoms with E-state index in [9.17, 15) is 9.90 Å². The van der Waals surface area contributed by atoms with E-state index in [-0.39, 0.29) is 12.5 Å². The maximum absolute atomic E-state index is 12.0. The van der Waals surface area contributed by atoms with Gasteiger partial charge in [-0.3, -0.25) is 4.79 Å². The van der Waals surface area contributed by atoms with Crippen LogP contribution in [0.1, 0.15) is 24.5 Å².